The number of hydrogen-bond acceptors (Lipinski definition) is 0. The first-order valence-electron chi connectivity index (χ1n) is 8.76. The van der Waals surface area contributed by atoms with Crippen LogP contribution < -0.4 is 0 Å². The van der Waals surface area contributed by atoms with Crippen LogP contribution in [0, 0.1) is 0 Å². The predicted molar refractivity (Wildman–Crippen MR) is 109 cm³/mol. The Kier molecular flexibility index (Phi) is 3.39. The molecule has 0 radical (unpaired) electrons. The minimum absolute atomic E-state index is 0.652. The molecule has 1 unspecified atom stereocenters. The molecule has 0 N–H and O–H groups in total. The lowest BCUT2D eigenvalue weighted by Crippen LogP contribution is -1.97. The van der Waals surface area contributed by atoms with Crippen molar-refractivity contribution in [2.75, 3.05) is 0 Å². The molecule has 0 nitrogen and oxygen atoms in total. The second kappa shape index (κ2) is 5.72. The molecular formula is C23H19P. The van der Waals surface area contributed by atoms with E-state index in [0.717, 1.165) is 0 Å². The Balaban J connectivity index is 1.89. The molecule has 1 atom stereocenters. The molecule has 0 spiro atoms. The number of rotatable bonds is 1. The van der Waals surface area contributed by atoms with Crippen LogP contribution in [-0.2, 0) is 0 Å². The lowest BCUT2D eigenvalue weighted by Gasteiger charge is -2.19. The molecular weight excluding hydrogens is 307 g/mol. The van der Waals surface area contributed by atoms with Gasteiger partial charge in [0.05, 0.1) is 0 Å². The van der Waals surface area contributed by atoms with Gasteiger partial charge in [-0.3, -0.25) is 0 Å². The fourth-order valence-corrected chi connectivity index (χ4v) is 5.32. The Morgan fingerprint density at radius 1 is 0.750 bits per heavy atom. The molecule has 1 aliphatic heterocycles. The van der Waals surface area contributed by atoms with E-state index in [1.807, 2.05) is 0 Å². The standard InChI is InChI=1S/C23H19P/c1-2-7-18-15-21-19(14-17(18)6-1)12-11-16-8-5-9-20(23(16)21)22-10-3-4-13-24-22/h1-2,5-9,11-15,22H,3-4,10H2. The lowest BCUT2D eigenvalue weighted by atomic mass is 9.93. The number of fused-ring (bicyclic) bond motifs is 4. The predicted octanol–water partition coefficient (Wildman–Crippen LogP) is 7.12. The Morgan fingerprint density at radius 2 is 1.54 bits per heavy atom. The Bertz CT molecular complexity index is 1090. The van der Waals surface area contributed by atoms with Crippen molar-refractivity contribution in [1.82, 2.24) is 0 Å². The zero-order valence-electron chi connectivity index (χ0n) is 13.6. The van der Waals surface area contributed by atoms with Crippen LogP contribution in [-0.4, -0.2) is 5.80 Å². The van der Waals surface area contributed by atoms with Crippen LogP contribution >= 0.6 is 8.20 Å². The zero-order valence-corrected chi connectivity index (χ0v) is 14.5. The van der Waals surface area contributed by atoms with Gasteiger partial charge in [-0.15, -0.1) is 8.20 Å². The van der Waals surface area contributed by atoms with Crippen molar-refractivity contribution < 1.29 is 0 Å². The van der Waals surface area contributed by atoms with E-state index in [1.165, 1.54) is 65.3 Å². The van der Waals surface area contributed by atoms with Gasteiger partial charge < -0.3 is 0 Å². The van der Waals surface area contributed by atoms with Crippen molar-refractivity contribution in [2.45, 2.75) is 24.9 Å². The summed E-state index contributed by atoms with van der Waals surface area (Å²) in [5.41, 5.74) is 2.19. The van der Waals surface area contributed by atoms with Gasteiger partial charge in [-0.2, -0.15) is 0 Å². The molecule has 0 saturated carbocycles. The molecule has 4 aromatic carbocycles. The lowest BCUT2D eigenvalue weighted by molar-refractivity contribution is 0.748. The van der Waals surface area contributed by atoms with Gasteiger partial charge in [0.2, 0.25) is 0 Å². The van der Waals surface area contributed by atoms with E-state index in [4.69, 9.17) is 0 Å². The number of benzene rings is 4. The summed E-state index contributed by atoms with van der Waals surface area (Å²) < 4.78 is 0. The van der Waals surface area contributed by atoms with Crippen LogP contribution in [0.5, 0.6) is 0 Å². The van der Waals surface area contributed by atoms with Crippen molar-refractivity contribution in [2.24, 2.45) is 0 Å². The van der Waals surface area contributed by atoms with Gasteiger partial charge in [0.1, 0.15) is 0 Å². The topological polar surface area (TPSA) is 0 Å². The minimum atomic E-state index is 0.652. The highest BCUT2D eigenvalue weighted by Crippen LogP contribution is 2.42. The van der Waals surface area contributed by atoms with Gasteiger partial charge in [-0.1, -0.05) is 60.4 Å². The van der Waals surface area contributed by atoms with Gasteiger partial charge in [0.25, 0.3) is 0 Å². The first-order chi connectivity index (χ1) is 11.9. The molecule has 1 heteroatoms. The third kappa shape index (κ3) is 2.26. The average molecular weight is 326 g/mol. The smallest absolute Gasteiger partial charge is 0.0262 e. The highest BCUT2D eigenvalue weighted by Gasteiger charge is 2.16. The van der Waals surface area contributed by atoms with Crippen LogP contribution in [0.2, 0.25) is 0 Å². The maximum atomic E-state index is 2.45. The summed E-state index contributed by atoms with van der Waals surface area (Å²) in [5, 5.41) is 8.25. The largest absolute Gasteiger partial charge is 0.101 e. The first kappa shape index (κ1) is 14.2. The third-order valence-electron chi connectivity index (χ3n) is 5.21. The normalized spacial score (nSPS) is 18.4. The summed E-state index contributed by atoms with van der Waals surface area (Å²) in [4.78, 5) is 0. The second-order valence-corrected chi connectivity index (χ2v) is 8.00. The van der Waals surface area contributed by atoms with Crippen molar-refractivity contribution in [3.63, 3.8) is 0 Å². The molecule has 0 bridgehead atoms. The molecule has 5 rings (SSSR count). The fourth-order valence-electron chi connectivity index (χ4n) is 4.02. The highest BCUT2D eigenvalue weighted by molar-refractivity contribution is 7.39. The molecule has 0 fully saturated rings. The first-order valence-corrected chi connectivity index (χ1v) is 9.79. The molecule has 1 heterocycles. The SMILES string of the molecule is C1=PC(c2cccc3ccc4cc5ccccc5cc4c23)CCC1. The molecule has 24 heavy (non-hydrogen) atoms. The molecule has 0 aliphatic carbocycles. The van der Waals surface area contributed by atoms with E-state index < -0.39 is 0 Å². The molecule has 0 amide bonds. The molecule has 0 aromatic heterocycles. The molecule has 1 aliphatic rings. The molecule has 4 aromatic rings. The van der Waals surface area contributed by atoms with Crippen LogP contribution in [0.3, 0.4) is 0 Å². The monoisotopic (exact) mass is 326 g/mol. The van der Waals surface area contributed by atoms with Crippen molar-refractivity contribution >= 4 is 46.3 Å². The summed E-state index contributed by atoms with van der Waals surface area (Å²) >= 11 is 0. The van der Waals surface area contributed by atoms with E-state index in [9.17, 15) is 0 Å². The fraction of sp³-hybridized carbons (Fsp3) is 0.174. The van der Waals surface area contributed by atoms with E-state index >= 15 is 0 Å². The third-order valence-corrected chi connectivity index (χ3v) is 6.58. The van der Waals surface area contributed by atoms with Crippen molar-refractivity contribution in [1.29, 1.82) is 0 Å². The highest BCUT2D eigenvalue weighted by atomic mass is 31.1. The Morgan fingerprint density at radius 3 is 2.38 bits per heavy atom. The number of hydrogen-bond donors (Lipinski definition) is 0. The van der Waals surface area contributed by atoms with Crippen LogP contribution in [0.1, 0.15) is 30.5 Å². The van der Waals surface area contributed by atoms with Gasteiger partial charge in [-0.05, 0) is 69.3 Å². The summed E-state index contributed by atoms with van der Waals surface area (Å²) in [5.74, 6) is 2.45. The second-order valence-electron chi connectivity index (χ2n) is 6.71. The summed E-state index contributed by atoms with van der Waals surface area (Å²) in [6, 6.07) is 24.8. The average Bonchev–Trinajstić information content (AvgIpc) is 2.66. The maximum Gasteiger partial charge on any atom is 0.0262 e. The van der Waals surface area contributed by atoms with Gasteiger partial charge >= 0.3 is 0 Å². The van der Waals surface area contributed by atoms with Crippen molar-refractivity contribution in [3.05, 3.63) is 72.3 Å². The minimum Gasteiger partial charge on any atom is -0.101 e. The van der Waals surface area contributed by atoms with Crippen LogP contribution in [0.4, 0.5) is 0 Å². The zero-order chi connectivity index (χ0) is 15.9. The Labute approximate surface area is 143 Å². The van der Waals surface area contributed by atoms with E-state index in [-0.39, 0.29) is 0 Å². The van der Waals surface area contributed by atoms with Gasteiger partial charge in [0, 0.05) is 5.66 Å². The van der Waals surface area contributed by atoms with Crippen LogP contribution in [0.25, 0.3) is 32.3 Å². The van der Waals surface area contributed by atoms with E-state index in [0.29, 0.717) is 5.66 Å². The van der Waals surface area contributed by atoms with Crippen LogP contribution in [0.15, 0.2) is 66.7 Å². The summed E-state index contributed by atoms with van der Waals surface area (Å²) in [6.07, 6.45) is 3.90. The van der Waals surface area contributed by atoms with E-state index in [1.54, 1.807) is 0 Å². The molecule has 116 valence electrons. The van der Waals surface area contributed by atoms with Gasteiger partial charge in [-0.25, -0.2) is 0 Å². The Hall–Kier alpha value is -2.17. The quantitative estimate of drug-likeness (QED) is 0.198. The molecule has 0 saturated heterocycles. The van der Waals surface area contributed by atoms with Crippen molar-refractivity contribution in [3.8, 4) is 0 Å². The van der Waals surface area contributed by atoms with Gasteiger partial charge in [0.15, 0.2) is 0 Å². The summed E-state index contributed by atoms with van der Waals surface area (Å²) in [6.45, 7) is 0. The van der Waals surface area contributed by atoms with E-state index in [2.05, 4.69) is 72.5 Å². The summed E-state index contributed by atoms with van der Waals surface area (Å²) in [7, 11) is 1.49. The maximum absolute atomic E-state index is 2.45.